The minimum Gasteiger partial charge on any atom is -0.369 e. The van der Waals surface area contributed by atoms with E-state index in [1.54, 1.807) is 28.9 Å². The number of benzene rings is 3. The fourth-order valence-corrected chi connectivity index (χ4v) is 4.36. The van der Waals surface area contributed by atoms with E-state index in [4.69, 9.17) is 0 Å². The van der Waals surface area contributed by atoms with Gasteiger partial charge in [0.05, 0.1) is 6.54 Å². The Labute approximate surface area is 191 Å². The summed E-state index contributed by atoms with van der Waals surface area (Å²) < 4.78 is 30.0. The van der Waals surface area contributed by atoms with Crippen LogP contribution in [0.1, 0.15) is 23.0 Å². The lowest BCUT2D eigenvalue weighted by Crippen LogP contribution is -2.48. The molecule has 33 heavy (non-hydrogen) atoms. The van der Waals surface area contributed by atoms with Crippen LogP contribution in [0.25, 0.3) is 0 Å². The molecular formula is C25H24F2N6. The fraction of sp³-hybridized carbons (Fsp3) is 0.240. The van der Waals surface area contributed by atoms with E-state index in [2.05, 4.69) is 25.3 Å². The van der Waals surface area contributed by atoms with Gasteiger partial charge >= 0.3 is 0 Å². The van der Waals surface area contributed by atoms with Gasteiger partial charge in [-0.05, 0) is 46.3 Å². The Balaban J connectivity index is 1.43. The molecule has 1 aliphatic rings. The molecule has 6 nitrogen and oxygen atoms in total. The van der Waals surface area contributed by atoms with Gasteiger partial charge in [0.1, 0.15) is 17.7 Å². The quantitative estimate of drug-likeness (QED) is 0.450. The maximum Gasteiger partial charge on any atom is 0.173 e. The van der Waals surface area contributed by atoms with E-state index in [0.29, 0.717) is 31.0 Å². The SMILES string of the molecule is Fc1ccc(N2CCN(C(c3ccccc3F)c3nnnn3Cc3ccccc3)CC2)cc1. The topological polar surface area (TPSA) is 50.1 Å². The number of anilines is 1. The monoisotopic (exact) mass is 446 g/mol. The van der Waals surface area contributed by atoms with Crippen LogP contribution < -0.4 is 4.90 Å². The molecule has 0 amide bonds. The highest BCUT2D eigenvalue weighted by Gasteiger charge is 2.32. The largest absolute Gasteiger partial charge is 0.369 e. The van der Waals surface area contributed by atoms with E-state index in [0.717, 1.165) is 24.3 Å². The number of piperazine rings is 1. The van der Waals surface area contributed by atoms with Crippen molar-refractivity contribution in [1.82, 2.24) is 25.1 Å². The summed E-state index contributed by atoms with van der Waals surface area (Å²) in [6.45, 7) is 3.35. The highest BCUT2D eigenvalue weighted by Crippen LogP contribution is 2.31. The van der Waals surface area contributed by atoms with E-state index < -0.39 is 6.04 Å². The van der Waals surface area contributed by atoms with Crippen molar-refractivity contribution in [3.63, 3.8) is 0 Å². The third-order valence-corrected chi connectivity index (χ3v) is 6.05. The summed E-state index contributed by atoms with van der Waals surface area (Å²) in [6, 6.07) is 22.9. The molecular weight excluding hydrogens is 422 g/mol. The van der Waals surface area contributed by atoms with Crippen LogP contribution in [0, 0.1) is 11.6 Å². The fourth-order valence-electron chi connectivity index (χ4n) is 4.36. The van der Waals surface area contributed by atoms with Crippen molar-refractivity contribution in [2.75, 3.05) is 31.1 Å². The van der Waals surface area contributed by atoms with Crippen molar-refractivity contribution in [2.24, 2.45) is 0 Å². The van der Waals surface area contributed by atoms with Crippen LogP contribution in [0.15, 0.2) is 78.9 Å². The van der Waals surface area contributed by atoms with Crippen molar-refractivity contribution < 1.29 is 8.78 Å². The van der Waals surface area contributed by atoms with Gasteiger partial charge in [0.2, 0.25) is 0 Å². The van der Waals surface area contributed by atoms with Gasteiger partial charge in [-0.2, -0.15) is 0 Å². The zero-order valence-corrected chi connectivity index (χ0v) is 18.1. The number of nitrogens with zero attached hydrogens (tertiary/aromatic N) is 6. The second-order valence-corrected chi connectivity index (χ2v) is 8.10. The van der Waals surface area contributed by atoms with Crippen LogP contribution >= 0.6 is 0 Å². The number of hydrogen-bond acceptors (Lipinski definition) is 5. The molecule has 4 aromatic rings. The Morgan fingerprint density at radius 3 is 2.21 bits per heavy atom. The number of hydrogen-bond donors (Lipinski definition) is 0. The number of rotatable bonds is 6. The molecule has 0 aliphatic carbocycles. The molecule has 1 atom stereocenters. The Morgan fingerprint density at radius 2 is 1.48 bits per heavy atom. The van der Waals surface area contributed by atoms with E-state index in [1.807, 2.05) is 36.4 Å². The second kappa shape index (κ2) is 9.46. The lowest BCUT2D eigenvalue weighted by Gasteiger charge is -2.40. The standard InChI is InChI=1S/C25H24F2N6/c26-20-10-12-21(13-11-20)31-14-16-32(17-15-31)24(22-8-4-5-9-23(22)27)25-28-29-30-33(25)18-19-6-2-1-3-7-19/h1-13,24H,14-18H2. The van der Waals surface area contributed by atoms with E-state index in [-0.39, 0.29) is 11.6 Å². The molecule has 0 N–H and O–H groups in total. The normalized spacial score (nSPS) is 15.5. The molecule has 2 heterocycles. The molecule has 0 saturated carbocycles. The predicted molar refractivity (Wildman–Crippen MR) is 122 cm³/mol. The smallest absolute Gasteiger partial charge is 0.173 e. The highest BCUT2D eigenvalue weighted by atomic mass is 19.1. The minimum atomic E-state index is -0.416. The van der Waals surface area contributed by atoms with Crippen LogP contribution in [-0.2, 0) is 6.54 Å². The Morgan fingerprint density at radius 1 is 0.788 bits per heavy atom. The minimum absolute atomic E-state index is 0.248. The third-order valence-electron chi connectivity index (χ3n) is 6.05. The summed E-state index contributed by atoms with van der Waals surface area (Å²) in [5.74, 6) is 0.0826. The van der Waals surface area contributed by atoms with Crippen molar-refractivity contribution in [3.05, 3.63) is 107 Å². The molecule has 1 aliphatic heterocycles. The Hall–Kier alpha value is -3.65. The molecule has 1 aromatic heterocycles. The first-order valence-electron chi connectivity index (χ1n) is 11.0. The first kappa shape index (κ1) is 21.2. The van der Waals surface area contributed by atoms with Crippen LogP contribution in [0.2, 0.25) is 0 Å². The van der Waals surface area contributed by atoms with Crippen LogP contribution in [0.3, 0.4) is 0 Å². The summed E-state index contributed by atoms with van der Waals surface area (Å²) in [6.07, 6.45) is 0. The van der Waals surface area contributed by atoms with Gasteiger partial charge in [0.15, 0.2) is 5.82 Å². The van der Waals surface area contributed by atoms with Gasteiger partial charge in [-0.25, -0.2) is 13.5 Å². The molecule has 8 heteroatoms. The summed E-state index contributed by atoms with van der Waals surface area (Å²) in [4.78, 5) is 4.42. The maximum atomic E-state index is 15.0. The molecule has 0 radical (unpaired) electrons. The lowest BCUT2D eigenvalue weighted by molar-refractivity contribution is 0.198. The van der Waals surface area contributed by atoms with Crippen molar-refractivity contribution in [2.45, 2.75) is 12.6 Å². The highest BCUT2D eigenvalue weighted by molar-refractivity contribution is 5.46. The first-order valence-corrected chi connectivity index (χ1v) is 11.0. The van der Waals surface area contributed by atoms with Crippen molar-refractivity contribution in [1.29, 1.82) is 0 Å². The van der Waals surface area contributed by atoms with Crippen LogP contribution in [0.5, 0.6) is 0 Å². The van der Waals surface area contributed by atoms with Crippen LogP contribution in [-0.4, -0.2) is 51.3 Å². The molecule has 1 unspecified atom stereocenters. The molecule has 168 valence electrons. The van der Waals surface area contributed by atoms with Gasteiger partial charge in [0.25, 0.3) is 0 Å². The third kappa shape index (κ3) is 4.61. The number of halogens is 2. The van der Waals surface area contributed by atoms with Gasteiger partial charge < -0.3 is 4.90 Å². The summed E-state index contributed by atoms with van der Waals surface area (Å²) >= 11 is 0. The molecule has 0 spiro atoms. The molecule has 5 rings (SSSR count). The summed E-state index contributed by atoms with van der Waals surface area (Å²) in [7, 11) is 0. The summed E-state index contributed by atoms with van der Waals surface area (Å²) in [5.41, 5.74) is 2.60. The number of aromatic nitrogens is 4. The van der Waals surface area contributed by atoms with Crippen LogP contribution in [0.4, 0.5) is 14.5 Å². The molecule has 3 aromatic carbocycles. The van der Waals surface area contributed by atoms with Gasteiger partial charge in [-0.1, -0.05) is 48.5 Å². The van der Waals surface area contributed by atoms with E-state index in [9.17, 15) is 8.78 Å². The molecule has 1 saturated heterocycles. The van der Waals surface area contributed by atoms with Gasteiger partial charge in [-0.3, -0.25) is 4.90 Å². The zero-order chi connectivity index (χ0) is 22.6. The molecule has 0 bridgehead atoms. The average molecular weight is 447 g/mol. The van der Waals surface area contributed by atoms with Crippen molar-refractivity contribution in [3.8, 4) is 0 Å². The van der Waals surface area contributed by atoms with Crippen molar-refractivity contribution >= 4 is 5.69 Å². The Kier molecular flexibility index (Phi) is 6.08. The molecule has 1 fully saturated rings. The number of tetrazole rings is 1. The lowest BCUT2D eigenvalue weighted by atomic mass is 10.0. The predicted octanol–water partition coefficient (Wildman–Crippen LogP) is 3.91. The van der Waals surface area contributed by atoms with E-state index in [1.165, 1.54) is 18.2 Å². The average Bonchev–Trinajstić information content (AvgIpc) is 3.30. The summed E-state index contributed by atoms with van der Waals surface area (Å²) in [5, 5.41) is 12.5. The van der Waals surface area contributed by atoms with E-state index >= 15 is 0 Å². The Bertz CT molecular complexity index is 1190. The first-order chi connectivity index (χ1) is 16.2. The maximum absolute atomic E-state index is 15.0. The zero-order valence-electron chi connectivity index (χ0n) is 18.1. The van der Waals surface area contributed by atoms with Gasteiger partial charge in [0, 0.05) is 37.4 Å². The second-order valence-electron chi connectivity index (χ2n) is 8.10. The van der Waals surface area contributed by atoms with Gasteiger partial charge in [-0.15, -0.1) is 5.10 Å².